The minimum atomic E-state index is -0.403. The first-order valence-corrected chi connectivity index (χ1v) is 10.7. The van der Waals surface area contributed by atoms with Crippen molar-refractivity contribution in [2.45, 2.75) is 26.1 Å². The van der Waals surface area contributed by atoms with Crippen molar-refractivity contribution in [3.63, 3.8) is 0 Å². The maximum atomic E-state index is 13.4. The zero-order valence-electron chi connectivity index (χ0n) is 18.1. The highest BCUT2D eigenvalue weighted by Gasteiger charge is 2.25. The van der Waals surface area contributed by atoms with Gasteiger partial charge in [-0.15, -0.1) is 0 Å². The molecule has 0 spiro atoms. The molecule has 164 valence electrons. The zero-order chi connectivity index (χ0) is 22.4. The van der Waals surface area contributed by atoms with Crippen molar-refractivity contribution in [3.8, 4) is 0 Å². The van der Waals surface area contributed by atoms with Crippen LogP contribution in [-0.2, 0) is 40.2 Å². The number of aryl methyl sites for hydroxylation is 1. The SMILES string of the molecule is Cn1c(=O)c2c(nc(C[NH+]3CCc4ccccc4C3)n2Cc2ccc(F)cc2)n(C)c1=O. The Bertz CT molecular complexity index is 1430. The number of benzene rings is 2. The Morgan fingerprint density at radius 1 is 1.00 bits per heavy atom. The molecule has 4 aromatic rings. The molecule has 0 saturated carbocycles. The summed E-state index contributed by atoms with van der Waals surface area (Å²) in [5.74, 6) is 0.441. The molecule has 0 aliphatic carbocycles. The molecule has 0 fully saturated rings. The van der Waals surface area contributed by atoms with Crippen molar-refractivity contribution in [1.82, 2.24) is 18.7 Å². The van der Waals surface area contributed by atoms with E-state index in [9.17, 15) is 14.0 Å². The third-order valence-corrected chi connectivity index (χ3v) is 6.40. The van der Waals surface area contributed by atoms with Gasteiger partial charge in [-0.3, -0.25) is 13.9 Å². The number of fused-ring (bicyclic) bond motifs is 2. The number of nitrogens with zero attached hydrogens (tertiary/aromatic N) is 4. The molecular weight excluding hydrogens is 409 g/mol. The zero-order valence-corrected chi connectivity index (χ0v) is 18.1. The van der Waals surface area contributed by atoms with Gasteiger partial charge in [-0.2, -0.15) is 0 Å². The van der Waals surface area contributed by atoms with E-state index in [2.05, 4.69) is 24.3 Å². The van der Waals surface area contributed by atoms with Crippen LogP contribution in [0.4, 0.5) is 4.39 Å². The quantitative estimate of drug-likeness (QED) is 0.516. The second kappa shape index (κ2) is 7.87. The molecule has 1 aliphatic rings. The summed E-state index contributed by atoms with van der Waals surface area (Å²) in [5, 5.41) is 0. The van der Waals surface area contributed by atoms with E-state index in [1.165, 1.54) is 39.8 Å². The van der Waals surface area contributed by atoms with Crippen LogP contribution in [0.15, 0.2) is 58.1 Å². The van der Waals surface area contributed by atoms with Gasteiger partial charge in [0.25, 0.3) is 5.56 Å². The van der Waals surface area contributed by atoms with Crippen molar-refractivity contribution < 1.29 is 9.29 Å². The second-order valence-electron chi connectivity index (χ2n) is 8.49. The van der Waals surface area contributed by atoms with Crippen LogP contribution in [0.2, 0.25) is 0 Å². The number of hydrogen-bond donors (Lipinski definition) is 1. The molecule has 7 nitrogen and oxygen atoms in total. The molecule has 2 aromatic carbocycles. The normalized spacial score (nSPS) is 15.8. The summed E-state index contributed by atoms with van der Waals surface area (Å²) in [6, 6.07) is 14.7. The van der Waals surface area contributed by atoms with Gasteiger partial charge in [0.1, 0.15) is 18.9 Å². The molecule has 5 rings (SSSR count). The lowest BCUT2D eigenvalue weighted by atomic mass is 10.00. The molecule has 2 aromatic heterocycles. The molecule has 3 heterocycles. The molecule has 1 N–H and O–H groups in total. The monoisotopic (exact) mass is 434 g/mol. The van der Waals surface area contributed by atoms with E-state index < -0.39 is 5.69 Å². The molecule has 0 saturated heterocycles. The molecule has 0 amide bonds. The first kappa shape index (κ1) is 20.4. The third-order valence-electron chi connectivity index (χ3n) is 6.40. The fraction of sp³-hybridized carbons (Fsp3) is 0.292. The highest BCUT2D eigenvalue weighted by atomic mass is 19.1. The first-order valence-electron chi connectivity index (χ1n) is 10.7. The Hall–Kier alpha value is -3.52. The lowest BCUT2D eigenvalue weighted by Gasteiger charge is -2.25. The summed E-state index contributed by atoms with van der Waals surface area (Å²) in [4.78, 5) is 31.6. The van der Waals surface area contributed by atoms with Gasteiger partial charge < -0.3 is 9.47 Å². The molecule has 32 heavy (non-hydrogen) atoms. The van der Waals surface area contributed by atoms with Crippen LogP contribution in [-0.4, -0.2) is 25.2 Å². The third kappa shape index (κ3) is 3.46. The smallest absolute Gasteiger partial charge is 0.325 e. The Labute approximate surface area is 184 Å². The van der Waals surface area contributed by atoms with Crippen molar-refractivity contribution in [2.75, 3.05) is 6.54 Å². The lowest BCUT2D eigenvalue weighted by Crippen LogP contribution is -3.10. The number of nitrogens with one attached hydrogen (secondary N) is 1. The summed E-state index contributed by atoms with van der Waals surface area (Å²) >= 11 is 0. The average molecular weight is 434 g/mol. The Morgan fingerprint density at radius 3 is 2.47 bits per heavy atom. The number of hydrogen-bond acceptors (Lipinski definition) is 3. The van der Waals surface area contributed by atoms with Crippen LogP contribution in [0.3, 0.4) is 0 Å². The number of halogens is 1. The van der Waals surface area contributed by atoms with E-state index in [-0.39, 0.29) is 11.4 Å². The standard InChI is InChI=1S/C24H24FN5O2/c1-27-22-21(23(31)28(2)24(27)32)30(13-16-7-9-19(25)10-8-16)20(26-22)15-29-12-11-17-5-3-4-6-18(17)14-29/h3-10H,11-15H2,1-2H3/p+1. The summed E-state index contributed by atoms with van der Waals surface area (Å²) in [5.41, 5.74) is 3.58. The molecular formula is C24H25FN5O2+. The van der Waals surface area contributed by atoms with E-state index in [1.807, 2.05) is 4.57 Å². The Kier molecular flexibility index (Phi) is 5.01. The van der Waals surface area contributed by atoms with Crippen molar-refractivity contribution in [2.24, 2.45) is 14.1 Å². The van der Waals surface area contributed by atoms with Crippen molar-refractivity contribution in [1.29, 1.82) is 0 Å². The van der Waals surface area contributed by atoms with Crippen LogP contribution < -0.4 is 16.1 Å². The maximum Gasteiger partial charge on any atom is 0.332 e. The highest BCUT2D eigenvalue weighted by molar-refractivity contribution is 5.71. The van der Waals surface area contributed by atoms with Crippen LogP contribution in [0.25, 0.3) is 11.2 Å². The van der Waals surface area contributed by atoms with Gasteiger partial charge in [0.15, 0.2) is 17.0 Å². The second-order valence-corrected chi connectivity index (χ2v) is 8.49. The van der Waals surface area contributed by atoms with E-state index in [0.717, 1.165) is 35.5 Å². The minimum absolute atomic E-state index is 0.306. The lowest BCUT2D eigenvalue weighted by molar-refractivity contribution is -0.930. The van der Waals surface area contributed by atoms with Crippen LogP contribution >= 0.6 is 0 Å². The van der Waals surface area contributed by atoms with E-state index in [1.54, 1.807) is 19.2 Å². The molecule has 8 heteroatoms. The van der Waals surface area contributed by atoms with Crippen LogP contribution in [0, 0.1) is 5.82 Å². The summed E-state index contributed by atoms with van der Waals surface area (Å²) in [7, 11) is 3.11. The van der Waals surface area contributed by atoms with Gasteiger partial charge in [0, 0.05) is 32.6 Å². The summed E-state index contributed by atoms with van der Waals surface area (Å²) in [6.45, 7) is 2.85. The fourth-order valence-corrected chi connectivity index (χ4v) is 4.59. The highest BCUT2D eigenvalue weighted by Crippen LogP contribution is 2.16. The first-order chi connectivity index (χ1) is 15.4. The van der Waals surface area contributed by atoms with Crippen molar-refractivity contribution >= 4 is 11.2 Å². The number of quaternary nitrogens is 1. The number of rotatable bonds is 4. The Morgan fingerprint density at radius 2 is 1.72 bits per heavy atom. The van der Waals surface area contributed by atoms with Crippen LogP contribution in [0.5, 0.6) is 0 Å². The summed E-state index contributed by atoms with van der Waals surface area (Å²) < 4.78 is 17.8. The number of imidazole rings is 1. The average Bonchev–Trinajstić information content (AvgIpc) is 3.15. The number of aromatic nitrogens is 4. The largest absolute Gasteiger partial charge is 0.332 e. The maximum absolute atomic E-state index is 13.4. The van der Waals surface area contributed by atoms with Crippen LogP contribution in [0.1, 0.15) is 22.5 Å². The molecule has 1 atom stereocenters. The predicted octanol–water partition coefficient (Wildman–Crippen LogP) is 0.762. The van der Waals surface area contributed by atoms with E-state index in [4.69, 9.17) is 4.98 Å². The van der Waals surface area contributed by atoms with Gasteiger partial charge in [0.05, 0.1) is 6.54 Å². The Balaban J connectivity index is 1.60. The molecule has 1 aliphatic heterocycles. The minimum Gasteiger partial charge on any atom is -0.325 e. The molecule has 0 radical (unpaired) electrons. The van der Waals surface area contributed by atoms with E-state index >= 15 is 0 Å². The van der Waals surface area contributed by atoms with Gasteiger partial charge in [0.2, 0.25) is 0 Å². The van der Waals surface area contributed by atoms with Gasteiger partial charge >= 0.3 is 5.69 Å². The molecule has 0 bridgehead atoms. The van der Waals surface area contributed by atoms with Crippen molar-refractivity contribution in [3.05, 3.63) is 97.7 Å². The predicted molar refractivity (Wildman–Crippen MR) is 119 cm³/mol. The summed E-state index contributed by atoms with van der Waals surface area (Å²) in [6.07, 6.45) is 0.990. The fourth-order valence-electron chi connectivity index (χ4n) is 4.59. The van der Waals surface area contributed by atoms with Gasteiger partial charge in [-0.25, -0.2) is 14.2 Å². The van der Waals surface area contributed by atoms with Gasteiger partial charge in [-0.05, 0) is 23.3 Å². The van der Waals surface area contributed by atoms with Gasteiger partial charge in [-0.1, -0.05) is 36.4 Å². The van der Waals surface area contributed by atoms with E-state index in [0.29, 0.717) is 24.3 Å². The molecule has 1 unspecified atom stereocenters. The topological polar surface area (TPSA) is 66.3 Å².